The Labute approximate surface area is 106 Å². The number of imidazole rings is 1. The molecule has 0 aliphatic rings. The number of hydrogen-bond donors (Lipinski definition) is 1. The van der Waals surface area contributed by atoms with Crippen LogP contribution in [-0.2, 0) is 6.54 Å². The fraction of sp³-hybridized carbons (Fsp3) is 0.308. The molecule has 0 saturated carbocycles. The van der Waals surface area contributed by atoms with Gasteiger partial charge in [-0.15, -0.1) is 0 Å². The van der Waals surface area contributed by atoms with Gasteiger partial charge in [-0.2, -0.15) is 0 Å². The molecule has 0 amide bonds. The molecule has 1 atom stereocenters. The van der Waals surface area contributed by atoms with E-state index in [0.717, 1.165) is 29.2 Å². The average molecular weight is 250 g/mol. The van der Waals surface area contributed by atoms with Crippen LogP contribution in [0.3, 0.4) is 0 Å². The maximum absolute atomic E-state index is 5.99. The SMILES string of the molecule is CC(N)CCn1cncc1-c1cccc(Cl)c1. The van der Waals surface area contributed by atoms with Gasteiger partial charge in [0.1, 0.15) is 0 Å². The molecule has 0 fully saturated rings. The van der Waals surface area contributed by atoms with Gasteiger partial charge in [0.15, 0.2) is 0 Å². The van der Waals surface area contributed by atoms with Crippen molar-refractivity contribution in [3.63, 3.8) is 0 Å². The zero-order valence-corrected chi connectivity index (χ0v) is 10.6. The van der Waals surface area contributed by atoms with Crippen LogP contribution in [0.4, 0.5) is 0 Å². The summed E-state index contributed by atoms with van der Waals surface area (Å²) in [6, 6.07) is 7.99. The summed E-state index contributed by atoms with van der Waals surface area (Å²) in [6.45, 7) is 2.88. The quantitative estimate of drug-likeness (QED) is 0.906. The number of halogens is 1. The van der Waals surface area contributed by atoms with E-state index in [1.165, 1.54) is 0 Å². The summed E-state index contributed by atoms with van der Waals surface area (Å²) in [5.41, 5.74) is 7.93. The molecule has 0 aliphatic heterocycles. The summed E-state index contributed by atoms with van der Waals surface area (Å²) in [5.74, 6) is 0. The van der Waals surface area contributed by atoms with Crippen LogP contribution in [0.5, 0.6) is 0 Å². The van der Waals surface area contributed by atoms with Crippen LogP contribution in [0.15, 0.2) is 36.8 Å². The van der Waals surface area contributed by atoms with Crippen LogP contribution in [-0.4, -0.2) is 15.6 Å². The van der Waals surface area contributed by atoms with Gasteiger partial charge in [0.2, 0.25) is 0 Å². The molecule has 0 bridgehead atoms. The van der Waals surface area contributed by atoms with Crippen molar-refractivity contribution in [2.45, 2.75) is 25.9 Å². The normalized spacial score (nSPS) is 12.6. The monoisotopic (exact) mass is 249 g/mol. The maximum Gasteiger partial charge on any atom is 0.0950 e. The van der Waals surface area contributed by atoms with E-state index >= 15 is 0 Å². The predicted octanol–water partition coefficient (Wildman–Crippen LogP) is 2.94. The summed E-state index contributed by atoms with van der Waals surface area (Å²) >= 11 is 5.99. The highest BCUT2D eigenvalue weighted by Crippen LogP contribution is 2.22. The van der Waals surface area contributed by atoms with Crippen molar-refractivity contribution >= 4 is 11.6 Å². The number of nitrogens with two attached hydrogens (primary N) is 1. The molecule has 3 nitrogen and oxygen atoms in total. The first-order valence-corrected chi connectivity index (χ1v) is 6.06. The second kappa shape index (κ2) is 5.34. The summed E-state index contributed by atoms with van der Waals surface area (Å²) in [7, 11) is 0. The molecule has 1 aromatic carbocycles. The van der Waals surface area contributed by atoms with Crippen molar-refractivity contribution in [2.75, 3.05) is 0 Å². The Balaban J connectivity index is 2.24. The zero-order valence-electron chi connectivity index (χ0n) is 9.81. The molecule has 1 aromatic heterocycles. The van der Waals surface area contributed by atoms with E-state index in [2.05, 4.69) is 9.55 Å². The van der Waals surface area contributed by atoms with E-state index < -0.39 is 0 Å². The molecular formula is C13H16ClN3. The lowest BCUT2D eigenvalue weighted by molar-refractivity contribution is 0.573. The van der Waals surface area contributed by atoms with E-state index in [-0.39, 0.29) is 6.04 Å². The summed E-state index contributed by atoms with van der Waals surface area (Å²) in [4.78, 5) is 4.19. The summed E-state index contributed by atoms with van der Waals surface area (Å²) < 4.78 is 2.11. The van der Waals surface area contributed by atoms with E-state index in [9.17, 15) is 0 Å². The fourth-order valence-electron chi connectivity index (χ4n) is 1.73. The van der Waals surface area contributed by atoms with Gasteiger partial charge in [-0.3, -0.25) is 0 Å². The Morgan fingerprint density at radius 3 is 3.00 bits per heavy atom. The number of aromatic nitrogens is 2. The van der Waals surface area contributed by atoms with Crippen LogP contribution >= 0.6 is 11.6 Å². The van der Waals surface area contributed by atoms with Crippen LogP contribution in [0, 0.1) is 0 Å². The summed E-state index contributed by atoms with van der Waals surface area (Å²) in [5, 5.41) is 0.738. The van der Waals surface area contributed by atoms with E-state index in [1.54, 1.807) is 0 Å². The summed E-state index contributed by atoms with van der Waals surface area (Å²) in [6.07, 6.45) is 4.62. The molecule has 0 radical (unpaired) electrons. The van der Waals surface area contributed by atoms with Crippen molar-refractivity contribution in [1.82, 2.24) is 9.55 Å². The molecule has 2 aromatic rings. The Morgan fingerprint density at radius 1 is 1.47 bits per heavy atom. The molecule has 0 saturated heterocycles. The Morgan fingerprint density at radius 2 is 2.29 bits per heavy atom. The molecule has 4 heteroatoms. The minimum Gasteiger partial charge on any atom is -0.331 e. The third-order valence-electron chi connectivity index (χ3n) is 2.66. The highest BCUT2D eigenvalue weighted by molar-refractivity contribution is 6.30. The highest BCUT2D eigenvalue weighted by atomic mass is 35.5. The van der Waals surface area contributed by atoms with Crippen molar-refractivity contribution in [3.8, 4) is 11.3 Å². The molecular weight excluding hydrogens is 234 g/mol. The largest absolute Gasteiger partial charge is 0.331 e. The predicted molar refractivity (Wildman–Crippen MR) is 70.9 cm³/mol. The molecule has 1 heterocycles. The topological polar surface area (TPSA) is 43.8 Å². The minimum atomic E-state index is 0.199. The van der Waals surface area contributed by atoms with Gasteiger partial charge in [0.05, 0.1) is 18.2 Å². The second-order valence-corrected chi connectivity index (χ2v) is 4.69. The number of aryl methyl sites for hydroxylation is 1. The van der Waals surface area contributed by atoms with Crippen LogP contribution in [0.25, 0.3) is 11.3 Å². The Hall–Kier alpha value is -1.32. The van der Waals surface area contributed by atoms with Gasteiger partial charge in [-0.05, 0) is 25.5 Å². The molecule has 0 spiro atoms. The van der Waals surface area contributed by atoms with Crippen LogP contribution in [0.2, 0.25) is 5.02 Å². The van der Waals surface area contributed by atoms with E-state index in [0.29, 0.717) is 0 Å². The molecule has 17 heavy (non-hydrogen) atoms. The van der Waals surface area contributed by atoms with Gasteiger partial charge < -0.3 is 10.3 Å². The molecule has 2 rings (SSSR count). The first-order valence-electron chi connectivity index (χ1n) is 5.68. The van der Waals surface area contributed by atoms with Gasteiger partial charge in [0.25, 0.3) is 0 Å². The first-order chi connectivity index (χ1) is 8.16. The van der Waals surface area contributed by atoms with E-state index in [4.69, 9.17) is 17.3 Å². The van der Waals surface area contributed by atoms with Crippen molar-refractivity contribution in [2.24, 2.45) is 5.73 Å². The fourth-order valence-corrected chi connectivity index (χ4v) is 1.92. The van der Waals surface area contributed by atoms with Gasteiger partial charge in [-0.1, -0.05) is 23.7 Å². The van der Waals surface area contributed by atoms with Crippen molar-refractivity contribution < 1.29 is 0 Å². The Kier molecular flexibility index (Phi) is 3.82. The lowest BCUT2D eigenvalue weighted by atomic mass is 10.1. The van der Waals surface area contributed by atoms with Gasteiger partial charge >= 0.3 is 0 Å². The van der Waals surface area contributed by atoms with Crippen LogP contribution in [0.1, 0.15) is 13.3 Å². The maximum atomic E-state index is 5.99. The lowest BCUT2D eigenvalue weighted by Crippen LogP contribution is -2.17. The Bertz CT molecular complexity index is 491. The molecule has 2 N–H and O–H groups in total. The van der Waals surface area contributed by atoms with Gasteiger partial charge in [0, 0.05) is 23.2 Å². The molecule has 0 aliphatic carbocycles. The third-order valence-corrected chi connectivity index (χ3v) is 2.89. The number of nitrogens with zero attached hydrogens (tertiary/aromatic N) is 2. The number of benzene rings is 1. The molecule has 90 valence electrons. The van der Waals surface area contributed by atoms with Crippen LogP contribution < -0.4 is 5.73 Å². The smallest absolute Gasteiger partial charge is 0.0950 e. The number of hydrogen-bond acceptors (Lipinski definition) is 2. The van der Waals surface area contributed by atoms with Crippen molar-refractivity contribution in [3.05, 3.63) is 41.8 Å². The minimum absolute atomic E-state index is 0.199. The third kappa shape index (κ3) is 3.08. The zero-order chi connectivity index (χ0) is 12.3. The highest BCUT2D eigenvalue weighted by Gasteiger charge is 2.06. The van der Waals surface area contributed by atoms with Gasteiger partial charge in [-0.25, -0.2) is 4.98 Å². The molecule has 1 unspecified atom stereocenters. The van der Waals surface area contributed by atoms with E-state index in [1.807, 2.05) is 43.7 Å². The average Bonchev–Trinajstić information content (AvgIpc) is 2.74. The second-order valence-electron chi connectivity index (χ2n) is 4.25. The first kappa shape index (κ1) is 12.1. The van der Waals surface area contributed by atoms with Crippen molar-refractivity contribution in [1.29, 1.82) is 0 Å². The standard InChI is InChI=1S/C13H16ClN3/c1-10(15)5-6-17-9-16-8-13(17)11-3-2-4-12(14)7-11/h2-4,7-10H,5-6,15H2,1H3. The lowest BCUT2D eigenvalue weighted by Gasteiger charge is -2.10. The number of rotatable bonds is 4.